The van der Waals surface area contributed by atoms with Crippen LogP contribution in [0.2, 0.25) is 0 Å². The topological polar surface area (TPSA) is 26.7 Å². The summed E-state index contributed by atoms with van der Waals surface area (Å²) >= 11 is 0. The van der Waals surface area contributed by atoms with Gasteiger partial charge in [-0.05, 0) is 58.7 Å². The van der Waals surface area contributed by atoms with Crippen LogP contribution in [-0.4, -0.2) is 60.8 Å². The summed E-state index contributed by atoms with van der Waals surface area (Å²) in [6.07, 6.45) is 10.4. The molecule has 1 heterocycles. The van der Waals surface area contributed by atoms with E-state index < -0.39 is 0 Å². The molecule has 0 unspecified atom stereocenters. The van der Waals surface area contributed by atoms with E-state index in [-0.39, 0.29) is 6.61 Å². The van der Waals surface area contributed by atoms with Gasteiger partial charge in [0.2, 0.25) is 0 Å². The van der Waals surface area contributed by atoms with Crippen LogP contribution in [0, 0.1) is 0 Å². The number of allylic oxidation sites excluding steroid dienone is 1. The maximum atomic E-state index is 8.98. The molecule has 0 saturated carbocycles. The number of hydrogen-bond acceptors (Lipinski definition) is 3. The predicted molar refractivity (Wildman–Crippen MR) is 75.7 cm³/mol. The zero-order valence-corrected chi connectivity index (χ0v) is 11.8. The van der Waals surface area contributed by atoms with Gasteiger partial charge in [-0.3, -0.25) is 4.90 Å². The number of aliphatic hydroxyl groups is 1. The van der Waals surface area contributed by atoms with Crippen molar-refractivity contribution in [3.63, 3.8) is 0 Å². The fourth-order valence-electron chi connectivity index (χ4n) is 3.19. The number of aliphatic hydroxyl groups excluding tert-OH is 1. The van der Waals surface area contributed by atoms with E-state index in [1.807, 2.05) is 0 Å². The van der Waals surface area contributed by atoms with Crippen molar-refractivity contribution in [1.29, 1.82) is 0 Å². The molecule has 1 fully saturated rings. The number of likely N-dealkylation sites (N-methyl/N-ethyl adjacent to an activating group) is 1. The molecule has 0 bridgehead atoms. The van der Waals surface area contributed by atoms with E-state index >= 15 is 0 Å². The Bertz CT molecular complexity index is 270. The van der Waals surface area contributed by atoms with Gasteiger partial charge in [0.15, 0.2) is 0 Å². The van der Waals surface area contributed by atoms with Crippen LogP contribution in [0.15, 0.2) is 11.6 Å². The first-order valence-corrected chi connectivity index (χ1v) is 7.51. The minimum absolute atomic E-state index is 0.281. The molecule has 0 aromatic rings. The monoisotopic (exact) mass is 252 g/mol. The predicted octanol–water partition coefficient (Wildman–Crippen LogP) is 1.88. The van der Waals surface area contributed by atoms with E-state index in [4.69, 9.17) is 5.11 Å². The highest BCUT2D eigenvalue weighted by Crippen LogP contribution is 2.21. The molecule has 0 atom stereocenters. The first-order chi connectivity index (χ1) is 8.79. The van der Waals surface area contributed by atoms with Crippen LogP contribution in [0.4, 0.5) is 0 Å². The quantitative estimate of drug-likeness (QED) is 0.757. The van der Waals surface area contributed by atoms with Crippen LogP contribution in [0.25, 0.3) is 0 Å². The zero-order valence-electron chi connectivity index (χ0n) is 11.8. The minimum Gasteiger partial charge on any atom is -0.395 e. The molecule has 104 valence electrons. The molecule has 3 heteroatoms. The second-order valence-electron chi connectivity index (χ2n) is 5.82. The molecule has 0 aromatic carbocycles. The molecule has 1 aliphatic heterocycles. The van der Waals surface area contributed by atoms with Crippen molar-refractivity contribution in [2.45, 2.75) is 44.6 Å². The average molecular weight is 252 g/mol. The van der Waals surface area contributed by atoms with Crippen LogP contribution in [0.5, 0.6) is 0 Å². The van der Waals surface area contributed by atoms with Gasteiger partial charge in [-0.2, -0.15) is 0 Å². The highest BCUT2D eigenvalue weighted by Gasteiger charge is 2.22. The Morgan fingerprint density at radius 2 is 2.11 bits per heavy atom. The number of piperidine rings is 1. The summed E-state index contributed by atoms with van der Waals surface area (Å²) in [7, 11) is 2.14. The lowest BCUT2D eigenvalue weighted by Crippen LogP contribution is -2.44. The number of nitrogens with zero attached hydrogens (tertiary/aromatic N) is 2. The second-order valence-corrected chi connectivity index (χ2v) is 5.82. The molecular formula is C15H28N2O. The third kappa shape index (κ3) is 4.08. The molecule has 2 aliphatic rings. The van der Waals surface area contributed by atoms with Crippen LogP contribution in [0.3, 0.4) is 0 Å². The van der Waals surface area contributed by atoms with E-state index in [0.29, 0.717) is 6.04 Å². The maximum Gasteiger partial charge on any atom is 0.0558 e. The van der Waals surface area contributed by atoms with Gasteiger partial charge in [0.1, 0.15) is 0 Å². The fraction of sp³-hybridized carbons (Fsp3) is 0.867. The molecule has 0 spiro atoms. The van der Waals surface area contributed by atoms with Crippen LogP contribution >= 0.6 is 0 Å². The Balaban J connectivity index is 1.71. The fourth-order valence-corrected chi connectivity index (χ4v) is 3.19. The molecule has 3 nitrogen and oxygen atoms in total. The van der Waals surface area contributed by atoms with Gasteiger partial charge in [-0.25, -0.2) is 0 Å². The standard InChI is InChI=1S/C15H28N2O/c1-16(11-12-18)15-7-9-17(10-8-15)13-14-5-3-2-4-6-14/h5,15,18H,2-4,6-13H2,1H3. The van der Waals surface area contributed by atoms with Gasteiger partial charge in [-0.1, -0.05) is 11.6 Å². The number of hydrogen-bond donors (Lipinski definition) is 1. The van der Waals surface area contributed by atoms with Gasteiger partial charge in [0.05, 0.1) is 6.61 Å². The summed E-state index contributed by atoms with van der Waals surface area (Å²) in [6.45, 7) is 4.74. The Kier molecular flexibility index (Phi) is 5.67. The summed E-state index contributed by atoms with van der Waals surface area (Å²) < 4.78 is 0. The molecule has 1 aliphatic carbocycles. The van der Waals surface area contributed by atoms with E-state index in [1.54, 1.807) is 5.57 Å². The third-order valence-electron chi connectivity index (χ3n) is 4.44. The number of rotatable bonds is 5. The summed E-state index contributed by atoms with van der Waals surface area (Å²) in [5.74, 6) is 0. The summed E-state index contributed by atoms with van der Waals surface area (Å²) in [4.78, 5) is 4.93. The van der Waals surface area contributed by atoms with Crippen molar-refractivity contribution in [2.75, 3.05) is 39.8 Å². The largest absolute Gasteiger partial charge is 0.395 e. The Morgan fingerprint density at radius 3 is 2.72 bits per heavy atom. The molecule has 2 rings (SSSR count). The van der Waals surface area contributed by atoms with E-state index in [2.05, 4.69) is 22.9 Å². The molecule has 1 saturated heterocycles. The SMILES string of the molecule is CN(CCO)C1CCN(CC2=CCCCC2)CC1. The summed E-state index contributed by atoms with van der Waals surface area (Å²) in [5.41, 5.74) is 1.67. The van der Waals surface area contributed by atoms with Crippen molar-refractivity contribution < 1.29 is 5.11 Å². The normalized spacial score (nSPS) is 23.4. The second kappa shape index (κ2) is 7.27. The summed E-state index contributed by atoms with van der Waals surface area (Å²) in [6, 6.07) is 0.675. The lowest BCUT2D eigenvalue weighted by molar-refractivity contribution is 0.115. The van der Waals surface area contributed by atoms with E-state index in [9.17, 15) is 0 Å². The molecule has 0 radical (unpaired) electrons. The third-order valence-corrected chi connectivity index (χ3v) is 4.44. The Morgan fingerprint density at radius 1 is 1.33 bits per heavy atom. The number of likely N-dealkylation sites (tertiary alicyclic amines) is 1. The van der Waals surface area contributed by atoms with Crippen molar-refractivity contribution in [3.8, 4) is 0 Å². The van der Waals surface area contributed by atoms with Crippen LogP contribution in [0.1, 0.15) is 38.5 Å². The minimum atomic E-state index is 0.281. The molecular weight excluding hydrogens is 224 g/mol. The zero-order chi connectivity index (χ0) is 12.8. The van der Waals surface area contributed by atoms with Crippen molar-refractivity contribution >= 4 is 0 Å². The average Bonchev–Trinajstić information content (AvgIpc) is 2.41. The van der Waals surface area contributed by atoms with Gasteiger partial charge in [0, 0.05) is 19.1 Å². The first kappa shape index (κ1) is 14.0. The highest BCUT2D eigenvalue weighted by molar-refractivity contribution is 5.07. The molecule has 0 aromatic heterocycles. The van der Waals surface area contributed by atoms with Crippen LogP contribution < -0.4 is 0 Å². The van der Waals surface area contributed by atoms with E-state index in [1.165, 1.54) is 58.2 Å². The van der Waals surface area contributed by atoms with Crippen molar-refractivity contribution in [2.24, 2.45) is 0 Å². The smallest absolute Gasteiger partial charge is 0.0558 e. The lowest BCUT2D eigenvalue weighted by Gasteiger charge is -2.37. The summed E-state index contributed by atoms with van der Waals surface area (Å²) in [5, 5.41) is 8.98. The maximum absolute atomic E-state index is 8.98. The Hall–Kier alpha value is -0.380. The lowest BCUT2D eigenvalue weighted by atomic mass is 9.97. The van der Waals surface area contributed by atoms with Crippen molar-refractivity contribution in [1.82, 2.24) is 9.80 Å². The van der Waals surface area contributed by atoms with Gasteiger partial charge < -0.3 is 10.0 Å². The van der Waals surface area contributed by atoms with Gasteiger partial charge in [0.25, 0.3) is 0 Å². The van der Waals surface area contributed by atoms with Gasteiger partial charge in [-0.15, -0.1) is 0 Å². The Labute approximate surface area is 111 Å². The van der Waals surface area contributed by atoms with Crippen LogP contribution in [-0.2, 0) is 0 Å². The highest BCUT2D eigenvalue weighted by atomic mass is 16.3. The van der Waals surface area contributed by atoms with E-state index in [0.717, 1.165) is 6.54 Å². The van der Waals surface area contributed by atoms with Crippen molar-refractivity contribution in [3.05, 3.63) is 11.6 Å². The molecule has 18 heavy (non-hydrogen) atoms. The molecule has 0 amide bonds. The molecule has 1 N–H and O–H groups in total. The van der Waals surface area contributed by atoms with Gasteiger partial charge >= 0.3 is 0 Å². The first-order valence-electron chi connectivity index (χ1n) is 7.51.